The average Bonchev–Trinajstić information content (AvgIpc) is 2.38. The number of benzene rings is 2. The Labute approximate surface area is 101 Å². The number of pyridine rings is 1. The predicted octanol–water partition coefficient (Wildman–Crippen LogP) is 4.21. The average molecular weight is 219 g/mol. The van der Waals surface area contributed by atoms with Gasteiger partial charge >= 0.3 is 0 Å². The molecule has 82 valence electrons. The second-order valence-corrected chi connectivity index (χ2v) is 4.25. The van der Waals surface area contributed by atoms with Gasteiger partial charge in [-0.2, -0.15) is 0 Å². The van der Waals surface area contributed by atoms with E-state index in [-0.39, 0.29) is 0 Å². The molecule has 17 heavy (non-hydrogen) atoms. The van der Waals surface area contributed by atoms with Gasteiger partial charge in [-0.25, -0.2) is 0 Å². The standard InChI is InChI=1S/C16H13N/c1-12-5-4-6-13(11-12)14-9-10-17-16-8-3-2-7-15(14)16/h2-11H,1H3. The van der Waals surface area contributed by atoms with E-state index >= 15 is 0 Å². The molecule has 1 heterocycles. The molecule has 0 unspecified atom stereocenters. The minimum atomic E-state index is 1.05. The molecule has 0 saturated heterocycles. The lowest BCUT2D eigenvalue weighted by molar-refractivity contribution is 1.40. The quantitative estimate of drug-likeness (QED) is 0.597. The molecule has 1 heteroatoms. The highest BCUT2D eigenvalue weighted by atomic mass is 14.6. The molecule has 0 amide bonds. The molecular weight excluding hydrogens is 206 g/mol. The zero-order valence-electron chi connectivity index (χ0n) is 9.72. The Morgan fingerprint density at radius 3 is 2.65 bits per heavy atom. The Balaban J connectivity index is 2.30. The molecule has 0 bridgehead atoms. The van der Waals surface area contributed by atoms with Crippen LogP contribution in [0.5, 0.6) is 0 Å². The molecular formula is C16H13N. The first kappa shape index (κ1) is 10.0. The maximum atomic E-state index is 4.39. The molecule has 3 aromatic rings. The van der Waals surface area contributed by atoms with Gasteiger partial charge in [0.05, 0.1) is 5.52 Å². The summed E-state index contributed by atoms with van der Waals surface area (Å²) in [4.78, 5) is 4.39. The summed E-state index contributed by atoms with van der Waals surface area (Å²) < 4.78 is 0. The first-order valence-electron chi connectivity index (χ1n) is 5.75. The summed E-state index contributed by atoms with van der Waals surface area (Å²) >= 11 is 0. The van der Waals surface area contributed by atoms with Gasteiger partial charge in [0.1, 0.15) is 0 Å². The minimum Gasteiger partial charge on any atom is -0.256 e. The van der Waals surface area contributed by atoms with Crippen LogP contribution in [0.3, 0.4) is 0 Å². The molecule has 0 atom stereocenters. The lowest BCUT2D eigenvalue weighted by Crippen LogP contribution is -1.84. The van der Waals surface area contributed by atoms with E-state index in [1.807, 2.05) is 12.3 Å². The Hall–Kier alpha value is -2.15. The maximum Gasteiger partial charge on any atom is 0.0708 e. The van der Waals surface area contributed by atoms with E-state index in [0.717, 1.165) is 5.52 Å². The molecule has 0 aliphatic carbocycles. The van der Waals surface area contributed by atoms with Gasteiger partial charge in [-0.1, -0.05) is 48.0 Å². The van der Waals surface area contributed by atoms with Crippen molar-refractivity contribution in [3.05, 3.63) is 66.4 Å². The topological polar surface area (TPSA) is 12.9 Å². The van der Waals surface area contributed by atoms with Crippen LogP contribution < -0.4 is 0 Å². The predicted molar refractivity (Wildman–Crippen MR) is 71.9 cm³/mol. The molecule has 0 radical (unpaired) electrons. The highest BCUT2D eigenvalue weighted by Gasteiger charge is 2.03. The Morgan fingerprint density at radius 2 is 1.76 bits per heavy atom. The van der Waals surface area contributed by atoms with Gasteiger partial charge in [0.2, 0.25) is 0 Å². The molecule has 0 spiro atoms. The van der Waals surface area contributed by atoms with E-state index in [4.69, 9.17) is 0 Å². The van der Waals surface area contributed by atoms with Gasteiger partial charge in [-0.15, -0.1) is 0 Å². The highest BCUT2D eigenvalue weighted by molar-refractivity contribution is 5.94. The third kappa shape index (κ3) is 1.80. The number of aryl methyl sites for hydroxylation is 1. The summed E-state index contributed by atoms with van der Waals surface area (Å²) in [5, 5.41) is 1.21. The fraction of sp³-hybridized carbons (Fsp3) is 0.0625. The smallest absolute Gasteiger partial charge is 0.0708 e. The monoisotopic (exact) mass is 219 g/mol. The zero-order chi connectivity index (χ0) is 11.7. The van der Waals surface area contributed by atoms with Crippen LogP contribution >= 0.6 is 0 Å². The van der Waals surface area contributed by atoms with Crippen LogP contribution in [0.1, 0.15) is 5.56 Å². The van der Waals surface area contributed by atoms with Gasteiger partial charge in [0.15, 0.2) is 0 Å². The van der Waals surface area contributed by atoms with Gasteiger partial charge < -0.3 is 0 Å². The van der Waals surface area contributed by atoms with E-state index in [1.165, 1.54) is 22.1 Å². The summed E-state index contributed by atoms with van der Waals surface area (Å²) in [6.45, 7) is 2.12. The van der Waals surface area contributed by atoms with Crippen LogP contribution in [0.25, 0.3) is 22.0 Å². The molecule has 0 fully saturated rings. The van der Waals surface area contributed by atoms with Crippen LogP contribution in [0.2, 0.25) is 0 Å². The molecule has 1 aromatic heterocycles. The minimum absolute atomic E-state index is 1.05. The van der Waals surface area contributed by atoms with Gasteiger partial charge in [0.25, 0.3) is 0 Å². The van der Waals surface area contributed by atoms with Crippen molar-refractivity contribution in [1.29, 1.82) is 0 Å². The number of nitrogens with zero attached hydrogens (tertiary/aromatic N) is 1. The zero-order valence-corrected chi connectivity index (χ0v) is 9.72. The Bertz CT molecular complexity index is 666. The second kappa shape index (κ2) is 4.02. The summed E-state index contributed by atoms with van der Waals surface area (Å²) in [5.74, 6) is 0. The van der Waals surface area contributed by atoms with E-state index in [0.29, 0.717) is 0 Å². The van der Waals surface area contributed by atoms with Crippen LogP contribution in [-0.2, 0) is 0 Å². The van der Waals surface area contributed by atoms with Crippen molar-refractivity contribution >= 4 is 10.9 Å². The van der Waals surface area contributed by atoms with Crippen molar-refractivity contribution in [2.45, 2.75) is 6.92 Å². The molecule has 0 N–H and O–H groups in total. The van der Waals surface area contributed by atoms with Crippen LogP contribution in [0, 0.1) is 6.92 Å². The van der Waals surface area contributed by atoms with Crippen molar-refractivity contribution < 1.29 is 0 Å². The van der Waals surface area contributed by atoms with Crippen molar-refractivity contribution in [3.8, 4) is 11.1 Å². The third-order valence-electron chi connectivity index (χ3n) is 2.98. The van der Waals surface area contributed by atoms with Crippen molar-refractivity contribution in [1.82, 2.24) is 4.98 Å². The summed E-state index contributed by atoms with van der Waals surface area (Å²) in [6.07, 6.45) is 1.88. The summed E-state index contributed by atoms with van der Waals surface area (Å²) in [5.41, 5.74) is 4.83. The van der Waals surface area contributed by atoms with E-state index in [9.17, 15) is 0 Å². The van der Waals surface area contributed by atoms with E-state index < -0.39 is 0 Å². The van der Waals surface area contributed by atoms with Crippen molar-refractivity contribution in [2.75, 3.05) is 0 Å². The number of hydrogen-bond acceptors (Lipinski definition) is 1. The second-order valence-electron chi connectivity index (χ2n) is 4.25. The Kier molecular flexibility index (Phi) is 2.37. The molecule has 0 aliphatic heterocycles. The number of aromatic nitrogens is 1. The van der Waals surface area contributed by atoms with Crippen LogP contribution in [0.4, 0.5) is 0 Å². The number of fused-ring (bicyclic) bond motifs is 1. The Morgan fingerprint density at radius 1 is 0.882 bits per heavy atom. The molecule has 1 nitrogen and oxygen atoms in total. The van der Waals surface area contributed by atoms with Crippen LogP contribution in [0.15, 0.2) is 60.8 Å². The van der Waals surface area contributed by atoms with Gasteiger partial charge in [0, 0.05) is 11.6 Å². The molecule has 3 rings (SSSR count). The van der Waals surface area contributed by atoms with Crippen molar-refractivity contribution in [2.24, 2.45) is 0 Å². The van der Waals surface area contributed by atoms with Crippen LogP contribution in [-0.4, -0.2) is 4.98 Å². The number of rotatable bonds is 1. The molecule has 0 saturated carbocycles. The van der Waals surface area contributed by atoms with Gasteiger partial charge in [-0.05, 0) is 30.2 Å². The highest BCUT2D eigenvalue weighted by Crippen LogP contribution is 2.27. The maximum absolute atomic E-state index is 4.39. The SMILES string of the molecule is Cc1cccc(-c2ccnc3ccccc23)c1. The number of para-hydroxylation sites is 1. The molecule has 2 aromatic carbocycles. The lowest BCUT2D eigenvalue weighted by atomic mass is 10.00. The fourth-order valence-electron chi connectivity index (χ4n) is 2.16. The van der Waals surface area contributed by atoms with E-state index in [1.54, 1.807) is 0 Å². The third-order valence-corrected chi connectivity index (χ3v) is 2.98. The lowest BCUT2D eigenvalue weighted by Gasteiger charge is -2.06. The summed E-state index contributed by atoms with van der Waals surface area (Å²) in [6, 6.07) is 18.9. The normalized spacial score (nSPS) is 10.6. The molecule has 0 aliphatic rings. The van der Waals surface area contributed by atoms with E-state index in [2.05, 4.69) is 60.4 Å². The largest absolute Gasteiger partial charge is 0.256 e. The fourth-order valence-corrected chi connectivity index (χ4v) is 2.16. The number of hydrogen-bond donors (Lipinski definition) is 0. The van der Waals surface area contributed by atoms with Crippen molar-refractivity contribution in [3.63, 3.8) is 0 Å². The first-order chi connectivity index (χ1) is 8.34. The summed E-state index contributed by atoms with van der Waals surface area (Å²) in [7, 11) is 0. The first-order valence-corrected chi connectivity index (χ1v) is 5.75. The van der Waals surface area contributed by atoms with Gasteiger partial charge in [-0.3, -0.25) is 4.98 Å².